The van der Waals surface area contributed by atoms with E-state index in [2.05, 4.69) is 4.98 Å². The molecule has 3 atom stereocenters. The van der Waals surface area contributed by atoms with Gasteiger partial charge in [-0.25, -0.2) is 4.79 Å². The zero-order valence-electron chi connectivity index (χ0n) is 11.4. The van der Waals surface area contributed by atoms with Crippen molar-refractivity contribution in [2.24, 2.45) is 0 Å². The number of aliphatic hydroxyl groups is 3. The third kappa shape index (κ3) is 5.46. The van der Waals surface area contributed by atoms with Crippen LogP contribution in [-0.4, -0.2) is 66.2 Å². The summed E-state index contributed by atoms with van der Waals surface area (Å²) >= 11 is 0. The molecule has 0 aliphatic heterocycles. The van der Waals surface area contributed by atoms with Crippen molar-refractivity contribution in [2.75, 3.05) is 25.1 Å². The molecule has 0 radical (unpaired) electrons. The van der Waals surface area contributed by atoms with Crippen LogP contribution in [0, 0.1) is 0 Å². The van der Waals surface area contributed by atoms with Crippen LogP contribution < -0.4 is 11.4 Å². The number of aromatic nitrogens is 2. The average molecular weight is 339 g/mol. The molecule has 1 aromatic heterocycles. The predicted octanol–water partition coefficient (Wildman–Crippen LogP) is -2.77. The van der Waals surface area contributed by atoms with E-state index in [0.717, 1.165) is 4.57 Å². The SMILES string of the molecule is Nc1ccn([C@@H](CO)O[C@@H](CO)[C@H](O)CP(=O)(O)O)c(=O)n1. The van der Waals surface area contributed by atoms with Crippen molar-refractivity contribution >= 4 is 13.4 Å². The van der Waals surface area contributed by atoms with Gasteiger partial charge in [-0.05, 0) is 6.07 Å². The second-order valence-corrected chi connectivity index (χ2v) is 6.15. The molecule has 126 valence electrons. The van der Waals surface area contributed by atoms with Crippen molar-refractivity contribution in [2.45, 2.75) is 18.4 Å². The number of hydrogen-bond acceptors (Lipinski definition) is 8. The number of hydrogen-bond donors (Lipinski definition) is 6. The highest BCUT2D eigenvalue weighted by atomic mass is 31.2. The van der Waals surface area contributed by atoms with Crippen LogP contribution in [0.15, 0.2) is 17.1 Å². The minimum absolute atomic E-state index is 0.0433. The van der Waals surface area contributed by atoms with Gasteiger partial charge < -0.3 is 35.6 Å². The van der Waals surface area contributed by atoms with Crippen molar-refractivity contribution < 1.29 is 34.4 Å². The third-order valence-corrected chi connectivity index (χ3v) is 3.53. The first-order valence-electron chi connectivity index (χ1n) is 6.12. The van der Waals surface area contributed by atoms with Crippen molar-refractivity contribution in [1.82, 2.24) is 9.55 Å². The summed E-state index contributed by atoms with van der Waals surface area (Å²) in [7, 11) is -4.53. The Kier molecular flexibility index (Phi) is 6.63. The van der Waals surface area contributed by atoms with E-state index in [9.17, 15) is 19.6 Å². The Morgan fingerprint density at radius 2 is 2.00 bits per heavy atom. The zero-order chi connectivity index (χ0) is 16.9. The van der Waals surface area contributed by atoms with Gasteiger partial charge in [0.1, 0.15) is 11.9 Å². The number of nitrogens with two attached hydrogens (primary N) is 1. The van der Waals surface area contributed by atoms with E-state index >= 15 is 0 Å². The Balaban J connectivity index is 2.91. The van der Waals surface area contributed by atoms with Crippen molar-refractivity contribution in [3.8, 4) is 0 Å². The maximum absolute atomic E-state index is 11.6. The predicted molar refractivity (Wildman–Crippen MR) is 73.9 cm³/mol. The Morgan fingerprint density at radius 1 is 1.36 bits per heavy atom. The van der Waals surface area contributed by atoms with E-state index in [0.29, 0.717) is 0 Å². The normalized spacial score (nSPS) is 16.2. The molecule has 1 heterocycles. The highest BCUT2D eigenvalue weighted by Gasteiger charge is 2.30. The molecular weight excluding hydrogens is 321 g/mol. The molecule has 0 spiro atoms. The lowest BCUT2D eigenvalue weighted by Gasteiger charge is -2.27. The molecule has 0 saturated heterocycles. The minimum atomic E-state index is -4.53. The molecule has 1 rings (SSSR count). The molecule has 0 aromatic carbocycles. The lowest BCUT2D eigenvalue weighted by molar-refractivity contribution is -0.134. The molecule has 0 aliphatic carbocycles. The first-order valence-corrected chi connectivity index (χ1v) is 7.92. The van der Waals surface area contributed by atoms with Crippen LogP contribution in [0.25, 0.3) is 0 Å². The zero-order valence-corrected chi connectivity index (χ0v) is 12.3. The fourth-order valence-electron chi connectivity index (χ4n) is 1.66. The highest BCUT2D eigenvalue weighted by Crippen LogP contribution is 2.36. The number of aliphatic hydroxyl groups excluding tert-OH is 3. The smallest absolute Gasteiger partial charge is 0.351 e. The molecule has 0 unspecified atom stereocenters. The summed E-state index contributed by atoms with van der Waals surface area (Å²) in [6.07, 6.45) is -4.18. The summed E-state index contributed by atoms with van der Waals surface area (Å²) in [5.74, 6) is -0.0433. The molecular formula is C10H18N3O8P. The molecule has 11 nitrogen and oxygen atoms in total. The number of nitrogens with zero attached hydrogens (tertiary/aromatic N) is 2. The van der Waals surface area contributed by atoms with Crippen LogP contribution in [0.4, 0.5) is 5.82 Å². The molecule has 12 heteroatoms. The van der Waals surface area contributed by atoms with Crippen molar-refractivity contribution in [1.29, 1.82) is 0 Å². The van der Waals surface area contributed by atoms with E-state index in [1.165, 1.54) is 12.3 Å². The molecule has 0 bridgehead atoms. The molecule has 22 heavy (non-hydrogen) atoms. The monoisotopic (exact) mass is 339 g/mol. The fraction of sp³-hybridized carbons (Fsp3) is 0.600. The van der Waals surface area contributed by atoms with Crippen molar-refractivity contribution in [3.63, 3.8) is 0 Å². The summed E-state index contributed by atoms with van der Waals surface area (Å²) in [6, 6.07) is 1.27. The van der Waals surface area contributed by atoms with Gasteiger partial charge in [-0.1, -0.05) is 0 Å². The van der Waals surface area contributed by atoms with Gasteiger partial charge in [0.2, 0.25) is 0 Å². The van der Waals surface area contributed by atoms with E-state index < -0.39 is 51.1 Å². The van der Waals surface area contributed by atoms with E-state index in [1.54, 1.807) is 0 Å². The van der Waals surface area contributed by atoms with Crippen molar-refractivity contribution in [3.05, 3.63) is 22.7 Å². The van der Waals surface area contributed by atoms with Gasteiger partial charge in [0.15, 0.2) is 6.23 Å². The molecule has 0 fully saturated rings. The number of nitrogen functional groups attached to an aromatic ring is 1. The Morgan fingerprint density at radius 3 is 2.45 bits per heavy atom. The Labute approximate surface area is 124 Å². The summed E-state index contributed by atoms with van der Waals surface area (Å²) < 4.78 is 16.9. The van der Waals surface area contributed by atoms with Crippen LogP contribution >= 0.6 is 7.60 Å². The second kappa shape index (κ2) is 7.79. The van der Waals surface area contributed by atoms with Gasteiger partial charge in [-0.3, -0.25) is 9.13 Å². The van der Waals surface area contributed by atoms with E-state index in [4.69, 9.17) is 25.4 Å². The maximum atomic E-state index is 11.6. The molecule has 1 aromatic rings. The standard InChI is InChI=1S/C10H18N3O8P/c11-8-1-2-13(10(17)12-8)9(4-15)21-7(3-14)6(16)5-22(18,19)20/h1-2,6-7,9,14-16H,3-5H2,(H2,11,12,17)(H2,18,19,20)/t6-,7+,9-/m1/s1. The Bertz CT molecular complexity index is 588. The maximum Gasteiger partial charge on any atom is 0.351 e. The molecule has 0 aliphatic rings. The number of ether oxygens (including phenoxy) is 1. The second-order valence-electron chi connectivity index (χ2n) is 4.45. The van der Waals surface area contributed by atoms with Crippen LogP contribution in [0.3, 0.4) is 0 Å². The van der Waals surface area contributed by atoms with Crippen LogP contribution in [0.2, 0.25) is 0 Å². The molecule has 7 N–H and O–H groups in total. The number of rotatable bonds is 8. The van der Waals surface area contributed by atoms with Gasteiger partial charge in [-0.2, -0.15) is 4.98 Å². The first kappa shape index (κ1) is 18.7. The summed E-state index contributed by atoms with van der Waals surface area (Å²) in [4.78, 5) is 32.7. The fourth-order valence-corrected chi connectivity index (χ4v) is 2.38. The minimum Gasteiger partial charge on any atom is -0.394 e. The van der Waals surface area contributed by atoms with Crippen LogP contribution in [-0.2, 0) is 9.30 Å². The summed E-state index contributed by atoms with van der Waals surface area (Å²) in [5, 5.41) is 28.1. The van der Waals surface area contributed by atoms with Gasteiger partial charge >= 0.3 is 13.3 Å². The number of anilines is 1. The van der Waals surface area contributed by atoms with E-state index in [1.807, 2.05) is 0 Å². The first-order chi connectivity index (χ1) is 10.2. The third-order valence-electron chi connectivity index (χ3n) is 2.68. The molecule has 0 saturated carbocycles. The summed E-state index contributed by atoms with van der Waals surface area (Å²) in [6.45, 7) is -1.49. The largest absolute Gasteiger partial charge is 0.394 e. The van der Waals surface area contributed by atoms with Crippen LogP contribution in [0.5, 0.6) is 0 Å². The lowest BCUT2D eigenvalue weighted by atomic mass is 10.2. The summed E-state index contributed by atoms with van der Waals surface area (Å²) in [5.41, 5.74) is 4.49. The highest BCUT2D eigenvalue weighted by molar-refractivity contribution is 7.51. The van der Waals surface area contributed by atoms with Gasteiger partial charge in [0.25, 0.3) is 0 Å². The Hall–Kier alpha value is -1.33. The van der Waals surface area contributed by atoms with Crippen LogP contribution in [0.1, 0.15) is 6.23 Å². The van der Waals surface area contributed by atoms with E-state index in [-0.39, 0.29) is 5.82 Å². The molecule has 0 amide bonds. The lowest BCUT2D eigenvalue weighted by Crippen LogP contribution is -2.40. The average Bonchev–Trinajstić information content (AvgIpc) is 2.39. The van der Waals surface area contributed by atoms with Gasteiger partial charge in [-0.15, -0.1) is 0 Å². The topological polar surface area (TPSA) is 188 Å². The quantitative estimate of drug-likeness (QED) is 0.270. The van der Waals surface area contributed by atoms with Gasteiger partial charge in [0.05, 0.1) is 25.5 Å². The van der Waals surface area contributed by atoms with Gasteiger partial charge in [0, 0.05) is 6.20 Å².